The number of aromatic nitrogens is 2. The summed E-state index contributed by atoms with van der Waals surface area (Å²) in [6.07, 6.45) is 7.26. The Bertz CT molecular complexity index is 1220. The molecule has 7 nitrogen and oxygen atoms in total. The lowest BCUT2D eigenvalue weighted by Crippen LogP contribution is -2.36. The number of carbonyl (C=O) groups excluding carboxylic acids is 1. The van der Waals surface area contributed by atoms with Crippen LogP contribution in [0.1, 0.15) is 41.7 Å². The molecule has 3 aromatic rings. The van der Waals surface area contributed by atoms with Gasteiger partial charge in [0.2, 0.25) is 5.91 Å². The van der Waals surface area contributed by atoms with Crippen molar-refractivity contribution in [3.8, 4) is 5.75 Å². The fraction of sp³-hybridized carbons (Fsp3) is 0.500. The van der Waals surface area contributed by atoms with Crippen LogP contribution in [-0.4, -0.2) is 58.5 Å². The first-order valence-electron chi connectivity index (χ1n) is 12.2. The molecule has 0 atom stereocenters. The SMILES string of the molecule is COc1ccc(CN2CCCN(C(=O)CCn3cnc4sc5c(c4c3=O)CCCC5)CC2)cc1. The number of ether oxygens (including phenoxy) is 1. The van der Waals surface area contributed by atoms with Gasteiger partial charge < -0.3 is 9.64 Å². The fourth-order valence-corrected chi connectivity index (χ4v) is 6.30. The molecule has 5 rings (SSSR count). The smallest absolute Gasteiger partial charge is 0.262 e. The molecule has 0 spiro atoms. The second kappa shape index (κ2) is 10.3. The zero-order valence-electron chi connectivity index (χ0n) is 19.8. The topological polar surface area (TPSA) is 67.7 Å². The van der Waals surface area contributed by atoms with Gasteiger partial charge >= 0.3 is 0 Å². The van der Waals surface area contributed by atoms with E-state index in [9.17, 15) is 9.59 Å². The number of aryl methyl sites for hydroxylation is 3. The van der Waals surface area contributed by atoms with Crippen molar-refractivity contribution in [2.75, 3.05) is 33.3 Å². The van der Waals surface area contributed by atoms with Crippen LogP contribution in [0.4, 0.5) is 0 Å². The maximum Gasteiger partial charge on any atom is 0.262 e. The van der Waals surface area contributed by atoms with Crippen molar-refractivity contribution in [2.24, 2.45) is 0 Å². The number of thiophene rings is 1. The maximum absolute atomic E-state index is 13.2. The largest absolute Gasteiger partial charge is 0.497 e. The van der Waals surface area contributed by atoms with Crippen LogP contribution in [0.3, 0.4) is 0 Å². The minimum atomic E-state index is 0.0127. The van der Waals surface area contributed by atoms with Crippen LogP contribution in [0.15, 0.2) is 35.4 Å². The number of nitrogens with zero attached hydrogens (tertiary/aromatic N) is 4. The third-order valence-corrected chi connectivity index (χ3v) is 8.21. The molecular formula is C26H32N4O3S. The Hall–Kier alpha value is -2.71. The Morgan fingerprint density at radius 2 is 1.88 bits per heavy atom. The molecule has 0 N–H and O–H groups in total. The van der Waals surface area contributed by atoms with Gasteiger partial charge in [-0.05, 0) is 55.4 Å². The molecule has 1 aliphatic carbocycles. The molecule has 2 aliphatic rings. The van der Waals surface area contributed by atoms with Crippen LogP contribution in [0.5, 0.6) is 5.75 Å². The van der Waals surface area contributed by atoms with Crippen molar-refractivity contribution in [2.45, 2.75) is 51.6 Å². The number of carbonyl (C=O) groups is 1. The lowest BCUT2D eigenvalue weighted by molar-refractivity contribution is -0.131. The van der Waals surface area contributed by atoms with E-state index in [2.05, 4.69) is 22.0 Å². The van der Waals surface area contributed by atoms with Gasteiger partial charge in [-0.15, -0.1) is 11.3 Å². The normalized spacial score (nSPS) is 16.9. The standard InChI is InChI=1S/C26H32N4O3S/c1-33-20-9-7-19(8-10-20)17-28-12-4-13-29(16-15-28)23(31)11-14-30-18-27-25-24(26(30)32)21-5-2-3-6-22(21)34-25/h7-10,18H,2-6,11-17H2,1H3. The number of amides is 1. The Morgan fingerprint density at radius 3 is 2.71 bits per heavy atom. The lowest BCUT2D eigenvalue weighted by Gasteiger charge is -2.22. The third kappa shape index (κ3) is 4.88. The summed E-state index contributed by atoms with van der Waals surface area (Å²) in [5, 5.41) is 0.790. The molecule has 0 radical (unpaired) electrons. The number of benzene rings is 1. The maximum atomic E-state index is 13.2. The van der Waals surface area contributed by atoms with Gasteiger partial charge in [0.1, 0.15) is 10.6 Å². The number of hydrogen-bond acceptors (Lipinski definition) is 6. The highest BCUT2D eigenvalue weighted by Gasteiger charge is 2.22. The fourth-order valence-electron chi connectivity index (χ4n) is 5.08. The molecule has 3 heterocycles. The Kier molecular flexibility index (Phi) is 6.97. The lowest BCUT2D eigenvalue weighted by atomic mass is 9.97. The van der Waals surface area contributed by atoms with Crippen molar-refractivity contribution in [1.82, 2.24) is 19.4 Å². The highest BCUT2D eigenvalue weighted by Crippen LogP contribution is 2.33. The minimum Gasteiger partial charge on any atom is -0.497 e. The summed E-state index contributed by atoms with van der Waals surface area (Å²) in [6, 6.07) is 8.17. The quantitative estimate of drug-likeness (QED) is 0.541. The summed E-state index contributed by atoms with van der Waals surface area (Å²) in [5.74, 6) is 0.981. The monoisotopic (exact) mass is 480 g/mol. The first-order chi connectivity index (χ1) is 16.6. The Morgan fingerprint density at radius 1 is 1.06 bits per heavy atom. The molecule has 1 amide bonds. The van der Waals surface area contributed by atoms with Crippen LogP contribution in [0.25, 0.3) is 10.2 Å². The van der Waals surface area contributed by atoms with Gasteiger partial charge in [0.05, 0.1) is 18.8 Å². The van der Waals surface area contributed by atoms with E-state index >= 15 is 0 Å². The van der Waals surface area contributed by atoms with Gasteiger partial charge in [0.25, 0.3) is 5.56 Å². The van der Waals surface area contributed by atoms with E-state index in [1.165, 1.54) is 22.4 Å². The van der Waals surface area contributed by atoms with Crippen molar-refractivity contribution < 1.29 is 9.53 Å². The Balaban J connectivity index is 1.18. The van der Waals surface area contributed by atoms with E-state index in [1.54, 1.807) is 29.3 Å². The van der Waals surface area contributed by atoms with E-state index in [1.807, 2.05) is 17.0 Å². The highest BCUT2D eigenvalue weighted by atomic mass is 32.1. The van der Waals surface area contributed by atoms with Gasteiger partial charge in [0, 0.05) is 50.6 Å². The molecule has 2 aromatic heterocycles. The first kappa shape index (κ1) is 23.1. The summed E-state index contributed by atoms with van der Waals surface area (Å²) in [4.78, 5) is 37.2. The summed E-state index contributed by atoms with van der Waals surface area (Å²) in [5.41, 5.74) is 2.46. The van der Waals surface area contributed by atoms with E-state index < -0.39 is 0 Å². The van der Waals surface area contributed by atoms with Crippen LogP contribution in [0.2, 0.25) is 0 Å². The van der Waals surface area contributed by atoms with Crippen molar-refractivity contribution in [3.05, 3.63) is 57.0 Å². The van der Waals surface area contributed by atoms with Crippen LogP contribution < -0.4 is 10.3 Å². The highest BCUT2D eigenvalue weighted by molar-refractivity contribution is 7.18. The second-order valence-corrected chi connectivity index (χ2v) is 10.3. The van der Waals surface area contributed by atoms with Crippen LogP contribution in [0, 0.1) is 0 Å². The Labute approximate surface area is 204 Å². The van der Waals surface area contributed by atoms with Crippen LogP contribution in [-0.2, 0) is 30.7 Å². The van der Waals surface area contributed by atoms with Gasteiger partial charge in [-0.25, -0.2) is 4.98 Å². The zero-order chi connectivity index (χ0) is 23.5. The van der Waals surface area contributed by atoms with Gasteiger partial charge in [0.15, 0.2) is 0 Å². The van der Waals surface area contributed by atoms with Crippen LogP contribution >= 0.6 is 11.3 Å². The van der Waals surface area contributed by atoms with E-state index in [0.29, 0.717) is 13.0 Å². The number of methoxy groups -OCH3 is 1. The first-order valence-corrected chi connectivity index (χ1v) is 13.1. The average Bonchev–Trinajstić information content (AvgIpc) is 3.09. The van der Waals surface area contributed by atoms with E-state index in [0.717, 1.165) is 74.4 Å². The van der Waals surface area contributed by atoms with Crippen molar-refractivity contribution >= 4 is 27.5 Å². The number of hydrogen-bond donors (Lipinski definition) is 0. The minimum absolute atomic E-state index is 0.0127. The molecule has 1 aromatic carbocycles. The third-order valence-electron chi connectivity index (χ3n) is 7.01. The van der Waals surface area contributed by atoms with Gasteiger partial charge in [-0.1, -0.05) is 12.1 Å². The molecule has 0 saturated carbocycles. The number of fused-ring (bicyclic) bond motifs is 3. The molecule has 34 heavy (non-hydrogen) atoms. The summed E-state index contributed by atoms with van der Waals surface area (Å²) in [6.45, 7) is 4.57. The molecule has 8 heteroatoms. The average molecular weight is 481 g/mol. The van der Waals surface area contributed by atoms with E-state index in [-0.39, 0.29) is 11.5 Å². The molecule has 0 bridgehead atoms. The van der Waals surface area contributed by atoms with Crippen molar-refractivity contribution in [1.29, 1.82) is 0 Å². The molecule has 1 fully saturated rings. The van der Waals surface area contributed by atoms with Gasteiger partial charge in [-0.2, -0.15) is 0 Å². The molecular weight excluding hydrogens is 448 g/mol. The van der Waals surface area contributed by atoms with Gasteiger partial charge in [-0.3, -0.25) is 19.1 Å². The predicted octanol–water partition coefficient (Wildman–Crippen LogP) is 3.47. The molecule has 1 aliphatic heterocycles. The molecule has 180 valence electrons. The summed E-state index contributed by atoms with van der Waals surface area (Å²) < 4.78 is 6.88. The predicted molar refractivity (Wildman–Crippen MR) is 135 cm³/mol. The zero-order valence-corrected chi connectivity index (χ0v) is 20.6. The second-order valence-electron chi connectivity index (χ2n) is 9.24. The van der Waals surface area contributed by atoms with E-state index in [4.69, 9.17) is 4.74 Å². The van der Waals surface area contributed by atoms with Crippen molar-refractivity contribution in [3.63, 3.8) is 0 Å². The molecule has 1 saturated heterocycles. The number of rotatable bonds is 6. The summed E-state index contributed by atoms with van der Waals surface area (Å²) >= 11 is 1.66. The molecule has 0 unspecified atom stereocenters. The summed E-state index contributed by atoms with van der Waals surface area (Å²) in [7, 11) is 1.68.